The molecule has 0 atom stereocenters. The van der Waals surface area contributed by atoms with Crippen molar-refractivity contribution in [1.29, 1.82) is 5.26 Å². The molecule has 0 amide bonds. The zero-order chi connectivity index (χ0) is 11.5. The van der Waals surface area contributed by atoms with Crippen molar-refractivity contribution in [3.8, 4) is 6.07 Å². The van der Waals surface area contributed by atoms with Crippen molar-refractivity contribution in [2.45, 2.75) is 6.92 Å². The highest BCUT2D eigenvalue weighted by atomic mass is 19.1. The SMILES string of the molecule is Cc1c(N2CCNCC2)ccc(C#N)c1F. The molecule has 0 bridgehead atoms. The zero-order valence-electron chi connectivity index (χ0n) is 9.26. The smallest absolute Gasteiger partial charge is 0.145 e. The number of hydrogen-bond donors (Lipinski definition) is 1. The van der Waals surface area contributed by atoms with E-state index in [1.165, 1.54) is 0 Å². The molecule has 1 N–H and O–H groups in total. The van der Waals surface area contributed by atoms with Crippen LogP contribution in [0, 0.1) is 24.1 Å². The topological polar surface area (TPSA) is 39.1 Å². The lowest BCUT2D eigenvalue weighted by molar-refractivity contribution is 0.580. The van der Waals surface area contributed by atoms with E-state index in [4.69, 9.17) is 5.26 Å². The Morgan fingerprint density at radius 1 is 1.38 bits per heavy atom. The number of nitriles is 1. The number of anilines is 1. The number of benzene rings is 1. The number of rotatable bonds is 1. The fraction of sp³-hybridized carbons (Fsp3) is 0.417. The summed E-state index contributed by atoms with van der Waals surface area (Å²) < 4.78 is 13.8. The highest BCUT2D eigenvalue weighted by Crippen LogP contribution is 2.24. The minimum absolute atomic E-state index is 0.122. The summed E-state index contributed by atoms with van der Waals surface area (Å²) in [4.78, 5) is 2.15. The lowest BCUT2D eigenvalue weighted by atomic mass is 10.1. The second kappa shape index (κ2) is 4.50. The highest BCUT2D eigenvalue weighted by molar-refractivity contribution is 5.57. The molecule has 0 spiro atoms. The van der Waals surface area contributed by atoms with Crippen molar-refractivity contribution < 1.29 is 4.39 Å². The molecular weight excluding hydrogens is 205 g/mol. The molecule has 0 unspecified atom stereocenters. The summed E-state index contributed by atoms with van der Waals surface area (Å²) in [5, 5.41) is 12.0. The molecule has 1 aliphatic heterocycles. The molecule has 3 nitrogen and oxygen atoms in total. The van der Waals surface area contributed by atoms with Crippen LogP contribution < -0.4 is 10.2 Å². The van der Waals surface area contributed by atoms with Crippen LogP contribution in [0.3, 0.4) is 0 Å². The summed E-state index contributed by atoms with van der Waals surface area (Å²) in [6, 6.07) is 5.25. The van der Waals surface area contributed by atoms with Gasteiger partial charge in [0.1, 0.15) is 11.9 Å². The molecule has 1 aromatic carbocycles. The number of halogens is 1. The first-order chi connectivity index (χ1) is 7.74. The van der Waals surface area contributed by atoms with Gasteiger partial charge in [0.15, 0.2) is 0 Å². The van der Waals surface area contributed by atoms with Gasteiger partial charge >= 0.3 is 0 Å². The Hall–Kier alpha value is -1.60. The van der Waals surface area contributed by atoms with Crippen LogP contribution in [0.25, 0.3) is 0 Å². The van der Waals surface area contributed by atoms with Crippen molar-refractivity contribution in [3.63, 3.8) is 0 Å². The maximum atomic E-state index is 13.8. The van der Waals surface area contributed by atoms with Crippen molar-refractivity contribution in [3.05, 3.63) is 29.1 Å². The van der Waals surface area contributed by atoms with E-state index in [1.54, 1.807) is 13.0 Å². The number of hydrogen-bond acceptors (Lipinski definition) is 3. The van der Waals surface area contributed by atoms with E-state index in [-0.39, 0.29) is 5.56 Å². The van der Waals surface area contributed by atoms with Gasteiger partial charge < -0.3 is 10.2 Å². The van der Waals surface area contributed by atoms with Crippen LogP contribution in [0.15, 0.2) is 12.1 Å². The summed E-state index contributed by atoms with van der Waals surface area (Å²) in [7, 11) is 0. The number of piperazine rings is 1. The summed E-state index contributed by atoms with van der Waals surface area (Å²) in [6.45, 7) is 5.33. The molecule has 1 aromatic rings. The van der Waals surface area contributed by atoms with Gasteiger partial charge in [0.2, 0.25) is 0 Å². The van der Waals surface area contributed by atoms with Gasteiger partial charge in [0.05, 0.1) is 5.56 Å². The molecule has 0 radical (unpaired) electrons. The summed E-state index contributed by atoms with van der Waals surface area (Å²) in [5.41, 5.74) is 1.59. The molecule has 84 valence electrons. The minimum Gasteiger partial charge on any atom is -0.369 e. The first kappa shape index (κ1) is 10.9. The monoisotopic (exact) mass is 219 g/mol. The molecule has 1 saturated heterocycles. The van der Waals surface area contributed by atoms with E-state index in [2.05, 4.69) is 10.2 Å². The summed E-state index contributed by atoms with van der Waals surface area (Å²) in [5.74, 6) is -0.390. The zero-order valence-corrected chi connectivity index (χ0v) is 9.26. The van der Waals surface area contributed by atoms with Crippen LogP contribution in [0.1, 0.15) is 11.1 Å². The first-order valence-electron chi connectivity index (χ1n) is 5.39. The van der Waals surface area contributed by atoms with Crippen molar-refractivity contribution in [1.82, 2.24) is 5.32 Å². The Balaban J connectivity index is 2.35. The van der Waals surface area contributed by atoms with Gasteiger partial charge in [0, 0.05) is 37.4 Å². The fourth-order valence-electron chi connectivity index (χ4n) is 2.01. The van der Waals surface area contributed by atoms with Crippen LogP contribution in [0.4, 0.5) is 10.1 Å². The quantitative estimate of drug-likeness (QED) is 0.776. The van der Waals surface area contributed by atoms with Crippen LogP contribution in [0.5, 0.6) is 0 Å². The third kappa shape index (κ3) is 1.86. The molecule has 0 aromatic heterocycles. The Bertz CT molecular complexity index is 431. The molecule has 0 aliphatic carbocycles. The number of nitrogens with zero attached hydrogens (tertiary/aromatic N) is 2. The second-order valence-electron chi connectivity index (χ2n) is 3.92. The van der Waals surface area contributed by atoms with E-state index in [9.17, 15) is 4.39 Å². The summed E-state index contributed by atoms with van der Waals surface area (Å²) >= 11 is 0. The Kier molecular flexibility index (Phi) is 3.07. The molecule has 2 rings (SSSR count). The third-order valence-corrected chi connectivity index (χ3v) is 2.94. The van der Waals surface area contributed by atoms with Crippen molar-refractivity contribution in [2.75, 3.05) is 31.1 Å². The standard InChI is InChI=1S/C12H14FN3/c1-9-11(16-6-4-15-5-7-16)3-2-10(8-14)12(9)13/h2-3,15H,4-7H2,1H3. The second-order valence-corrected chi connectivity index (χ2v) is 3.92. The normalized spacial score (nSPS) is 15.9. The molecule has 16 heavy (non-hydrogen) atoms. The van der Waals surface area contributed by atoms with Gasteiger partial charge in [-0.3, -0.25) is 0 Å². The van der Waals surface area contributed by atoms with Gasteiger partial charge in [-0.15, -0.1) is 0 Å². The van der Waals surface area contributed by atoms with E-state index >= 15 is 0 Å². The van der Waals surface area contributed by atoms with Crippen molar-refractivity contribution in [2.24, 2.45) is 0 Å². The molecule has 0 saturated carbocycles. The molecule has 4 heteroatoms. The largest absolute Gasteiger partial charge is 0.369 e. The van der Waals surface area contributed by atoms with E-state index < -0.39 is 5.82 Å². The maximum absolute atomic E-state index is 13.8. The molecule has 1 fully saturated rings. The maximum Gasteiger partial charge on any atom is 0.145 e. The van der Waals surface area contributed by atoms with Gasteiger partial charge in [0.25, 0.3) is 0 Å². The van der Waals surface area contributed by atoms with E-state index in [1.807, 2.05) is 12.1 Å². The fourth-order valence-corrected chi connectivity index (χ4v) is 2.01. The van der Waals surface area contributed by atoms with E-state index in [0.29, 0.717) is 5.56 Å². The average molecular weight is 219 g/mol. The summed E-state index contributed by atoms with van der Waals surface area (Å²) in [6.07, 6.45) is 0. The van der Waals surface area contributed by atoms with Gasteiger partial charge in [-0.2, -0.15) is 5.26 Å². The van der Waals surface area contributed by atoms with Gasteiger partial charge in [-0.25, -0.2) is 4.39 Å². The van der Waals surface area contributed by atoms with Crippen LogP contribution in [-0.4, -0.2) is 26.2 Å². The average Bonchev–Trinajstić information content (AvgIpc) is 2.34. The lowest BCUT2D eigenvalue weighted by Gasteiger charge is -2.30. The number of nitrogens with one attached hydrogen (secondary N) is 1. The molecule has 1 aliphatic rings. The van der Waals surface area contributed by atoms with Crippen LogP contribution >= 0.6 is 0 Å². The molecule has 1 heterocycles. The highest BCUT2D eigenvalue weighted by Gasteiger charge is 2.16. The van der Waals surface area contributed by atoms with Crippen LogP contribution in [0.2, 0.25) is 0 Å². The van der Waals surface area contributed by atoms with Gasteiger partial charge in [-0.1, -0.05) is 0 Å². The Morgan fingerprint density at radius 2 is 2.06 bits per heavy atom. The van der Waals surface area contributed by atoms with Crippen LogP contribution in [-0.2, 0) is 0 Å². The van der Waals surface area contributed by atoms with Gasteiger partial charge in [-0.05, 0) is 19.1 Å². The minimum atomic E-state index is -0.390. The first-order valence-corrected chi connectivity index (χ1v) is 5.39. The van der Waals surface area contributed by atoms with Crippen molar-refractivity contribution >= 4 is 5.69 Å². The predicted molar refractivity (Wildman–Crippen MR) is 60.9 cm³/mol. The molecular formula is C12H14FN3. The van der Waals surface area contributed by atoms with E-state index in [0.717, 1.165) is 31.9 Å². The lowest BCUT2D eigenvalue weighted by Crippen LogP contribution is -2.43. The third-order valence-electron chi connectivity index (χ3n) is 2.94. The Morgan fingerprint density at radius 3 is 2.69 bits per heavy atom. The predicted octanol–water partition coefficient (Wildman–Crippen LogP) is 1.42. The Labute approximate surface area is 94.5 Å².